The summed E-state index contributed by atoms with van der Waals surface area (Å²) in [5.74, 6) is 0.365. The van der Waals surface area contributed by atoms with Gasteiger partial charge >= 0.3 is 6.16 Å². The van der Waals surface area contributed by atoms with Crippen LogP contribution >= 0.6 is 0 Å². The second-order valence-electron chi connectivity index (χ2n) is 11.8. The lowest BCUT2D eigenvalue weighted by Gasteiger charge is -2.35. The van der Waals surface area contributed by atoms with Crippen LogP contribution in [0.2, 0.25) is 0 Å². The molecule has 43 heavy (non-hydrogen) atoms. The number of hydrogen-bond acceptors (Lipinski definition) is 6. The molecule has 1 aliphatic heterocycles. The van der Waals surface area contributed by atoms with Crippen molar-refractivity contribution in [3.8, 4) is 5.75 Å². The molecular formula is C34H51N4O5+. The number of amides is 2. The number of likely N-dealkylation sites (N-methyl/N-ethyl adjacent to an activating group) is 1. The van der Waals surface area contributed by atoms with Crippen molar-refractivity contribution in [1.82, 2.24) is 4.90 Å². The first-order chi connectivity index (χ1) is 20.5. The van der Waals surface area contributed by atoms with Gasteiger partial charge in [-0.05, 0) is 109 Å². The molecule has 1 atom stereocenters. The zero-order chi connectivity index (χ0) is 31.6. The molecule has 0 spiro atoms. The van der Waals surface area contributed by atoms with E-state index in [1.54, 1.807) is 12.1 Å². The summed E-state index contributed by atoms with van der Waals surface area (Å²) < 4.78 is 11.6. The summed E-state index contributed by atoms with van der Waals surface area (Å²) in [7, 11) is 0. The Morgan fingerprint density at radius 1 is 0.884 bits per heavy atom. The molecule has 236 valence electrons. The zero-order valence-electron chi connectivity index (χ0n) is 27.2. The van der Waals surface area contributed by atoms with E-state index in [9.17, 15) is 14.4 Å². The highest BCUT2D eigenvalue weighted by Gasteiger charge is 2.29. The Labute approximate surface area is 257 Å². The van der Waals surface area contributed by atoms with E-state index in [0.29, 0.717) is 25.3 Å². The van der Waals surface area contributed by atoms with E-state index in [1.807, 2.05) is 45.9 Å². The van der Waals surface area contributed by atoms with Gasteiger partial charge in [-0.3, -0.25) is 14.5 Å². The van der Waals surface area contributed by atoms with E-state index < -0.39 is 6.16 Å². The van der Waals surface area contributed by atoms with E-state index in [1.165, 1.54) is 0 Å². The van der Waals surface area contributed by atoms with Crippen LogP contribution in [0.4, 0.5) is 16.2 Å². The summed E-state index contributed by atoms with van der Waals surface area (Å²) in [4.78, 5) is 40.7. The van der Waals surface area contributed by atoms with Crippen molar-refractivity contribution in [2.24, 2.45) is 0 Å². The van der Waals surface area contributed by atoms with Crippen molar-refractivity contribution >= 4 is 29.3 Å². The minimum atomic E-state index is -0.769. The third kappa shape index (κ3) is 9.28. The van der Waals surface area contributed by atoms with Crippen molar-refractivity contribution in [2.75, 3.05) is 56.5 Å². The SMILES string of the molecule is CC[N+](CC)(CC)CC(=O)Nc1c(C)cc(OC(=O)OCCCN2CCCCC2C(=O)Nc2c(C)cccc2C)cc1C. The van der Waals surface area contributed by atoms with Crippen molar-refractivity contribution in [3.05, 3.63) is 52.6 Å². The summed E-state index contributed by atoms with van der Waals surface area (Å²) in [6.45, 7) is 18.9. The number of benzene rings is 2. The quantitative estimate of drug-likeness (QED) is 0.125. The van der Waals surface area contributed by atoms with Gasteiger partial charge in [0.25, 0.3) is 5.91 Å². The van der Waals surface area contributed by atoms with Gasteiger partial charge in [0.1, 0.15) is 5.75 Å². The molecule has 0 bridgehead atoms. The fourth-order valence-electron chi connectivity index (χ4n) is 5.99. The highest BCUT2D eigenvalue weighted by Crippen LogP contribution is 2.27. The number of anilines is 2. The highest BCUT2D eigenvalue weighted by atomic mass is 16.7. The van der Waals surface area contributed by atoms with Crippen LogP contribution in [0.3, 0.4) is 0 Å². The molecule has 1 fully saturated rings. The van der Waals surface area contributed by atoms with Gasteiger partial charge in [-0.25, -0.2) is 4.79 Å². The first kappa shape index (κ1) is 34.1. The van der Waals surface area contributed by atoms with Crippen LogP contribution in [-0.4, -0.2) is 79.3 Å². The molecule has 2 aromatic rings. The van der Waals surface area contributed by atoms with Gasteiger partial charge in [0.05, 0.1) is 32.3 Å². The molecule has 3 rings (SSSR count). The number of likely N-dealkylation sites (tertiary alicyclic amines) is 1. The molecule has 9 nitrogen and oxygen atoms in total. The van der Waals surface area contributed by atoms with Crippen LogP contribution in [0.1, 0.15) is 68.7 Å². The van der Waals surface area contributed by atoms with Crippen LogP contribution in [0.5, 0.6) is 5.75 Å². The largest absolute Gasteiger partial charge is 0.513 e. The van der Waals surface area contributed by atoms with Gasteiger partial charge in [0, 0.05) is 17.9 Å². The van der Waals surface area contributed by atoms with Crippen molar-refractivity contribution < 1.29 is 28.3 Å². The summed E-state index contributed by atoms with van der Waals surface area (Å²) in [6.07, 6.45) is 2.70. The van der Waals surface area contributed by atoms with Crippen LogP contribution in [0.15, 0.2) is 30.3 Å². The Kier molecular flexibility index (Phi) is 12.6. The minimum absolute atomic E-state index is 0.0160. The molecule has 9 heteroatoms. The van der Waals surface area contributed by atoms with E-state index in [4.69, 9.17) is 9.47 Å². The lowest BCUT2D eigenvalue weighted by atomic mass is 10.0. The highest BCUT2D eigenvalue weighted by molar-refractivity contribution is 5.96. The predicted molar refractivity (Wildman–Crippen MR) is 172 cm³/mol. The molecule has 2 aromatic carbocycles. The number of ether oxygens (including phenoxy) is 2. The molecule has 0 radical (unpaired) electrons. The summed E-state index contributed by atoms with van der Waals surface area (Å²) in [6, 6.07) is 9.27. The fraction of sp³-hybridized carbons (Fsp3) is 0.559. The lowest BCUT2D eigenvalue weighted by Crippen LogP contribution is -2.52. The molecule has 1 aliphatic rings. The molecule has 0 saturated carbocycles. The average molecular weight is 596 g/mol. The van der Waals surface area contributed by atoms with Gasteiger partial charge in [-0.1, -0.05) is 24.6 Å². The van der Waals surface area contributed by atoms with E-state index >= 15 is 0 Å². The Hall–Kier alpha value is -3.43. The van der Waals surface area contributed by atoms with Gasteiger partial charge < -0.3 is 24.6 Å². The molecule has 1 heterocycles. The van der Waals surface area contributed by atoms with E-state index in [0.717, 1.165) is 83.6 Å². The lowest BCUT2D eigenvalue weighted by molar-refractivity contribution is -0.915. The average Bonchev–Trinajstić information content (AvgIpc) is 2.98. The van der Waals surface area contributed by atoms with Gasteiger partial charge in [0.15, 0.2) is 6.54 Å². The summed E-state index contributed by atoms with van der Waals surface area (Å²) >= 11 is 0. The number of hydrogen-bond donors (Lipinski definition) is 2. The van der Waals surface area contributed by atoms with Crippen molar-refractivity contribution in [1.29, 1.82) is 0 Å². The van der Waals surface area contributed by atoms with Gasteiger partial charge in [-0.2, -0.15) is 0 Å². The normalized spacial score (nSPS) is 15.6. The van der Waals surface area contributed by atoms with Crippen LogP contribution in [0, 0.1) is 27.7 Å². The van der Waals surface area contributed by atoms with Gasteiger partial charge in [-0.15, -0.1) is 0 Å². The zero-order valence-corrected chi connectivity index (χ0v) is 27.2. The summed E-state index contributed by atoms with van der Waals surface area (Å²) in [5, 5.41) is 6.21. The molecule has 1 unspecified atom stereocenters. The van der Waals surface area contributed by atoms with Crippen molar-refractivity contribution in [3.63, 3.8) is 0 Å². The topological polar surface area (TPSA) is 97.0 Å². The maximum absolute atomic E-state index is 13.2. The number of aryl methyl sites for hydroxylation is 4. The Morgan fingerprint density at radius 3 is 2.09 bits per heavy atom. The number of carbonyl (C=O) groups is 3. The molecule has 2 amide bonds. The molecule has 0 aromatic heterocycles. The third-order valence-electron chi connectivity index (χ3n) is 8.92. The summed E-state index contributed by atoms with van der Waals surface area (Å²) in [5.41, 5.74) is 5.35. The monoisotopic (exact) mass is 595 g/mol. The molecule has 0 aliphatic carbocycles. The second-order valence-corrected chi connectivity index (χ2v) is 11.8. The van der Waals surface area contributed by atoms with Gasteiger partial charge in [0.2, 0.25) is 5.91 Å². The maximum Gasteiger partial charge on any atom is 0.513 e. The second kappa shape index (κ2) is 15.9. The number of piperidine rings is 1. The fourth-order valence-corrected chi connectivity index (χ4v) is 5.99. The van der Waals surface area contributed by atoms with Crippen LogP contribution in [-0.2, 0) is 14.3 Å². The maximum atomic E-state index is 13.2. The molecule has 1 saturated heterocycles. The Morgan fingerprint density at radius 2 is 1.49 bits per heavy atom. The third-order valence-corrected chi connectivity index (χ3v) is 8.92. The number of nitrogens with one attached hydrogen (secondary N) is 2. The Balaban J connectivity index is 1.49. The number of nitrogens with zero attached hydrogens (tertiary/aromatic N) is 2. The predicted octanol–water partition coefficient (Wildman–Crippen LogP) is 6.13. The molecular weight excluding hydrogens is 544 g/mol. The van der Waals surface area contributed by atoms with E-state index in [2.05, 4.69) is 36.3 Å². The van der Waals surface area contributed by atoms with Crippen LogP contribution < -0.4 is 15.4 Å². The van der Waals surface area contributed by atoms with Crippen LogP contribution in [0.25, 0.3) is 0 Å². The number of para-hydroxylation sites is 1. The smallest absolute Gasteiger partial charge is 0.434 e. The molecule has 2 N–H and O–H groups in total. The Bertz CT molecular complexity index is 1220. The first-order valence-corrected chi connectivity index (χ1v) is 15.7. The van der Waals surface area contributed by atoms with E-state index in [-0.39, 0.29) is 24.5 Å². The standard InChI is InChI=1S/C34H50N4O5/c1-8-38(9-2,10-3)23-30(39)35-32-26(6)21-28(22-27(32)7)43-34(41)42-20-14-19-37-18-12-11-17-29(37)33(40)36-31-24(4)15-13-16-25(31)5/h13,15-16,21-22,29H,8-12,14,17-20,23H2,1-7H3,(H-,35,36,39,40)/p+1. The minimum Gasteiger partial charge on any atom is -0.434 e. The number of rotatable bonds is 13. The number of carbonyl (C=O) groups excluding carboxylic acids is 3. The van der Waals surface area contributed by atoms with Crippen molar-refractivity contribution in [2.45, 2.75) is 80.2 Å². The number of quaternary nitrogens is 1. The first-order valence-electron chi connectivity index (χ1n) is 15.7.